The van der Waals surface area contributed by atoms with Crippen molar-refractivity contribution in [2.45, 2.75) is 70.3 Å². The molecular weight excluding hydrogens is 290 g/mol. The number of nitrogens with two attached hydrogens (primary N) is 1. The molecule has 4 N–H and O–H groups in total. The number of Topliss-reactive ketones (excluding diaryl/α,β-unsaturated/α-hetero) is 1. The van der Waals surface area contributed by atoms with E-state index in [-0.39, 0.29) is 24.9 Å². The molecule has 0 saturated carbocycles. The lowest BCUT2D eigenvalue weighted by molar-refractivity contribution is -0.121. The summed E-state index contributed by atoms with van der Waals surface area (Å²) in [5.74, 6) is 0.149. The lowest BCUT2D eigenvalue weighted by Gasteiger charge is -2.23. The molecule has 0 spiro atoms. The van der Waals surface area contributed by atoms with Crippen molar-refractivity contribution in [2.24, 2.45) is 11.7 Å². The molecule has 0 rings (SSSR count). The molecule has 0 aromatic heterocycles. The molecule has 4 nitrogen and oxygen atoms in total. The maximum atomic E-state index is 12.1. The Bertz CT molecular complexity index is 349. The summed E-state index contributed by atoms with van der Waals surface area (Å²) >= 11 is 0. The van der Waals surface area contributed by atoms with Crippen LogP contribution in [0.5, 0.6) is 0 Å². The van der Waals surface area contributed by atoms with Gasteiger partial charge in [0.25, 0.3) is 0 Å². The molecule has 0 amide bonds. The van der Waals surface area contributed by atoms with Gasteiger partial charge in [-0.15, -0.1) is 6.58 Å². The summed E-state index contributed by atoms with van der Waals surface area (Å²) in [6, 6.07) is 0. The van der Waals surface area contributed by atoms with Crippen LogP contribution in [0.4, 0.5) is 0 Å². The molecule has 0 aromatic carbocycles. The number of unbranched alkanes of at least 4 members (excludes halogenated alkanes) is 4. The summed E-state index contributed by atoms with van der Waals surface area (Å²) in [6.45, 7) is 5.48. The fraction of sp³-hybridized carbons (Fsp3) is 0.737. The van der Waals surface area contributed by atoms with Crippen LogP contribution in [-0.4, -0.2) is 34.7 Å². The molecule has 0 aliphatic rings. The maximum Gasteiger partial charge on any atom is 0.140 e. The van der Waals surface area contributed by atoms with Gasteiger partial charge in [0.2, 0.25) is 0 Å². The highest BCUT2D eigenvalue weighted by Crippen LogP contribution is 2.15. The van der Waals surface area contributed by atoms with Gasteiger partial charge >= 0.3 is 0 Å². The molecule has 0 saturated heterocycles. The Morgan fingerprint density at radius 1 is 1.17 bits per heavy atom. The van der Waals surface area contributed by atoms with Crippen LogP contribution in [0.2, 0.25) is 0 Å². The standard InChI is InChI=1S/C19H35NO3/c1-3-5-6-7-10-13-18(23)17(4-2)12-9-8-11-14-19(20,15-21)16-22/h4,8-9,17,21-22H,2-3,5-7,10-16,20H2,1H3/b9-8+. The fourth-order valence-electron chi connectivity index (χ4n) is 2.39. The van der Waals surface area contributed by atoms with Crippen molar-refractivity contribution in [3.8, 4) is 0 Å². The molecule has 23 heavy (non-hydrogen) atoms. The first kappa shape index (κ1) is 22.0. The number of aliphatic hydroxyl groups excluding tert-OH is 2. The van der Waals surface area contributed by atoms with E-state index in [1.165, 1.54) is 19.3 Å². The summed E-state index contributed by atoms with van der Waals surface area (Å²) in [5, 5.41) is 18.2. The summed E-state index contributed by atoms with van der Waals surface area (Å²) in [7, 11) is 0. The van der Waals surface area contributed by atoms with E-state index in [0.717, 1.165) is 12.8 Å². The number of allylic oxidation sites excluding steroid dienone is 3. The second kappa shape index (κ2) is 13.5. The first-order valence-electron chi connectivity index (χ1n) is 8.83. The van der Waals surface area contributed by atoms with E-state index in [9.17, 15) is 4.79 Å². The number of carbonyl (C=O) groups excluding carboxylic acids is 1. The van der Waals surface area contributed by atoms with Gasteiger partial charge in [-0.05, 0) is 25.7 Å². The van der Waals surface area contributed by atoms with Gasteiger partial charge in [0.05, 0.1) is 18.8 Å². The maximum absolute atomic E-state index is 12.1. The Balaban J connectivity index is 4.01. The van der Waals surface area contributed by atoms with Gasteiger partial charge in [0.15, 0.2) is 0 Å². The third kappa shape index (κ3) is 10.4. The Hall–Kier alpha value is -0.970. The monoisotopic (exact) mass is 325 g/mol. The van der Waals surface area contributed by atoms with Crippen LogP contribution >= 0.6 is 0 Å². The number of ketones is 1. The van der Waals surface area contributed by atoms with E-state index in [2.05, 4.69) is 13.5 Å². The molecule has 0 aliphatic heterocycles. The van der Waals surface area contributed by atoms with Crippen molar-refractivity contribution in [1.82, 2.24) is 0 Å². The van der Waals surface area contributed by atoms with E-state index < -0.39 is 5.54 Å². The zero-order chi connectivity index (χ0) is 17.6. The lowest BCUT2D eigenvalue weighted by atomic mass is 9.94. The van der Waals surface area contributed by atoms with Gasteiger partial charge in [-0.1, -0.05) is 50.8 Å². The molecular formula is C19H35NO3. The van der Waals surface area contributed by atoms with E-state index in [1.807, 2.05) is 12.2 Å². The minimum absolute atomic E-state index is 0.115. The molecule has 0 aromatic rings. The highest BCUT2D eigenvalue weighted by molar-refractivity contribution is 5.82. The van der Waals surface area contributed by atoms with Crippen LogP contribution in [0.15, 0.2) is 24.8 Å². The first-order chi connectivity index (χ1) is 11.0. The van der Waals surface area contributed by atoms with Crippen molar-refractivity contribution in [2.75, 3.05) is 13.2 Å². The summed E-state index contributed by atoms with van der Waals surface area (Å²) < 4.78 is 0. The first-order valence-corrected chi connectivity index (χ1v) is 8.83. The SMILES string of the molecule is C=CC(C/C=C/CCC(N)(CO)CO)C(=O)CCCCCCC. The average molecular weight is 325 g/mol. The van der Waals surface area contributed by atoms with Crippen molar-refractivity contribution in [1.29, 1.82) is 0 Å². The molecule has 4 heteroatoms. The van der Waals surface area contributed by atoms with Crippen LogP contribution < -0.4 is 5.73 Å². The Morgan fingerprint density at radius 3 is 2.39 bits per heavy atom. The van der Waals surface area contributed by atoms with Crippen LogP contribution in [0.25, 0.3) is 0 Å². The topological polar surface area (TPSA) is 83.6 Å². The largest absolute Gasteiger partial charge is 0.394 e. The number of rotatable bonds is 15. The van der Waals surface area contributed by atoms with Crippen molar-refractivity contribution < 1.29 is 15.0 Å². The zero-order valence-electron chi connectivity index (χ0n) is 14.7. The van der Waals surface area contributed by atoms with E-state index in [1.54, 1.807) is 6.08 Å². The molecule has 0 heterocycles. The molecule has 0 bridgehead atoms. The van der Waals surface area contributed by atoms with Crippen molar-refractivity contribution in [3.63, 3.8) is 0 Å². The van der Waals surface area contributed by atoms with Crippen LogP contribution in [0.1, 0.15) is 64.7 Å². The second-order valence-corrected chi connectivity index (χ2v) is 6.40. The number of hydrogen-bond acceptors (Lipinski definition) is 4. The summed E-state index contributed by atoms with van der Waals surface area (Å²) in [5.41, 5.74) is 4.88. The molecule has 1 atom stereocenters. The predicted molar refractivity (Wildman–Crippen MR) is 96.2 cm³/mol. The van der Waals surface area contributed by atoms with Crippen LogP contribution in [-0.2, 0) is 4.79 Å². The number of aliphatic hydroxyl groups is 2. The summed E-state index contributed by atoms with van der Waals surface area (Å²) in [4.78, 5) is 12.1. The molecule has 1 unspecified atom stereocenters. The number of hydrogen-bond donors (Lipinski definition) is 3. The molecule has 0 aliphatic carbocycles. The number of carbonyl (C=O) groups is 1. The van der Waals surface area contributed by atoms with E-state index in [0.29, 0.717) is 25.7 Å². The van der Waals surface area contributed by atoms with Gasteiger partial charge in [-0.3, -0.25) is 4.79 Å². The smallest absolute Gasteiger partial charge is 0.140 e. The third-order valence-electron chi connectivity index (χ3n) is 4.22. The average Bonchev–Trinajstić information content (AvgIpc) is 2.57. The van der Waals surface area contributed by atoms with Crippen molar-refractivity contribution >= 4 is 5.78 Å². The van der Waals surface area contributed by atoms with Crippen LogP contribution in [0.3, 0.4) is 0 Å². The highest BCUT2D eigenvalue weighted by atomic mass is 16.3. The zero-order valence-corrected chi connectivity index (χ0v) is 14.7. The van der Waals surface area contributed by atoms with Crippen molar-refractivity contribution in [3.05, 3.63) is 24.8 Å². The molecule has 134 valence electrons. The normalized spacial score (nSPS) is 13.4. The van der Waals surface area contributed by atoms with Gasteiger partial charge in [-0.2, -0.15) is 0 Å². The van der Waals surface area contributed by atoms with E-state index >= 15 is 0 Å². The third-order valence-corrected chi connectivity index (χ3v) is 4.22. The fourth-order valence-corrected chi connectivity index (χ4v) is 2.39. The van der Waals surface area contributed by atoms with Gasteiger partial charge < -0.3 is 15.9 Å². The summed E-state index contributed by atoms with van der Waals surface area (Å²) in [6.07, 6.45) is 13.9. The second-order valence-electron chi connectivity index (χ2n) is 6.40. The Kier molecular flexibility index (Phi) is 12.9. The Morgan fingerprint density at radius 2 is 1.83 bits per heavy atom. The predicted octanol–water partition coefficient (Wildman–Crippen LogP) is 3.13. The Labute approximate surface area is 141 Å². The van der Waals surface area contributed by atoms with E-state index in [4.69, 9.17) is 15.9 Å². The highest BCUT2D eigenvalue weighted by Gasteiger charge is 2.21. The quantitative estimate of drug-likeness (QED) is 0.319. The molecule has 0 radical (unpaired) electrons. The van der Waals surface area contributed by atoms with Crippen LogP contribution in [0, 0.1) is 5.92 Å². The molecule has 0 fully saturated rings. The van der Waals surface area contributed by atoms with Gasteiger partial charge in [0, 0.05) is 12.3 Å². The minimum Gasteiger partial charge on any atom is -0.394 e. The van der Waals surface area contributed by atoms with Gasteiger partial charge in [-0.25, -0.2) is 0 Å². The van der Waals surface area contributed by atoms with Gasteiger partial charge in [0.1, 0.15) is 5.78 Å². The minimum atomic E-state index is -0.920. The lowest BCUT2D eigenvalue weighted by Crippen LogP contribution is -2.47.